The molecule has 38 heavy (non-hydrogen) atoms. The number of halogens is 1. The molecular weight excluding hydrogens is 530 g/mol. The van der Waals surface area contributed by atoms with Gasteiger partial charge in [0.15, 0.2) is 12.3 Å². The van der Waals surface area contributed by atoms with Gasteiger partial charge < -0.3 is 20.1 Å². The molecule has 2 N–H and O–H groups in total. The Hall–Kier alpha value is -3.50. The second-order valence-electron chi connectivity index (χ2n) is 9.74. The summed E-state index contributed by atoms with van der Waals surface area (Å²) >= 11 is 7.19. The number of benzene rings is 2. The lowest BCUT2D eigenvalue weighted by molar-refractivity contribution is -0.159. The quantitative estimate of drug-likeness (QED) is 0.379. The summed E-state index contributed by atoms with van der Waals surface area (Å²) in [6.45, 7) is 4.86. The van der Waals surface area contributed by atoms with Gasteiger partial charge in [-0.1, -0.05) is 41.9 Å². The molecule has 2 aliphatic heterocycles. The minimum absolute atomic E-state index is 0.0157. The molecule has 0 spiro atoms. The van der Waals surface area contributed by atoms with Crippen LogP contribution in [0.2, 0.25) is 5.02 Å². The van der Waals surface area contributed by atoms with Gasteiger partial charge in [0.05, 0.1) is 12.1 Å². The molecule has 0 radical (unpaired) electrons. The maximum atomic E-state index is 13.2. The van der Waals surface area contributed by atoms with E-state index in [9.17, 15) is 19.2 Å². The Bertz CT molecular complexity index is 1260. The number of β-lactam (4-membered cyclic amide) rings is 1. The number of carbonyl (C=O) groups excluding carboxylic acids is 4. The molecule has 2 atom stereocenters. The molecule has 9 nitrogen and oxygen atoms in total. The minimum Gasteiger partial charge on any atom is -0.484 e. The van der Waals surface area contributed by atoms with E-state index >= 15 is 0 Å². The number of hydrogen-bond donors (Lipinski definition) is 2. The van der Waals surface area contributed by atoms with Gasteiger partial charge in [-0.05, 0) is 50.6 Å². The highest BCUT2D eigenvalue weighted by Crippen LogP contribution is 2.40. The van der Waals surface area contributed by atoms with Gasteiger partial charge in [-0.3, -0.25) is 19.3 Å². The Morgan fingerprint density at radius 1 is 1.05 bits per heavy atom. The average molecular weight is 558 g/mol. The fourth-order valence-electron chi connectivity index (χ4n) is 3.92. The molecule has 4 rings (SSSR count). The van der Waals surface area contributed by atoms with Crippen LogP contribution in [0.3, 0.4) is 0 Å². The van der Waals surface area contributed by atoms with E-state index in [1.165, 1.54) is 16.7 Å². The van der Waals surface area contributed by atoms with Crippen LogP contribution in [-0.4, -0.2) is 58.0 Å². The van der Waals surface area contributed by atoms with Crippen LogP contribution in [0.1, 0.15) is 26.3 Å². The molecule has 1 fully saturated rings. The summed E-state index contributed by atoms with van der Waals surface area (Å²) in [5, 5.41) is 5.49. The van der Waals surface area contributed by atoms with Crippen molar-refractivity contribution in [1.29, 1.82) is 0 Å². The topological polar surface area (TPSA) is 114 Å². The number of nitrogens with zero attached hydrogens (tertiary/aromatic N) is 1. The Morgan fingerprint density at radius 2 is 1.74 bits per heavy atom. The summed E-state index contributed by atoms with van der Waals surface area (Å²) in [6.07, 6.45) is 0.111. The van der Waals surface area contributed by atoms with Crippen molar-refractivity contribution >= 4 is 47.1 Å². The van der Waals surface area contributed by atoms with Gasteiger partial charge in [0, 0.05) is 10.8 Å². The number of carbonyl (C=O) groups is 4. The van der Waals surface area contributed by atoms with Crippen molar-refractivity contribution in [2.24, 2.45) is 0 Å². The first-order valence-electron chi connectivity index (χ1n) is 11.9. The number of thioether (sulfide) groups is 1. The third kappa shape index (κ3) is 6.68. The summed E-state index contributed by atoms with van der Waals surface area (Å²) in [6, 6.07) is 14.9. The van der Waals surface area contributed by atoms with Crippen LogP contribution in [-0.2, 0) is 30.3 Å². The zero-order valence-corrected chi connectivity index (χ0v) is 22.7. The van der Waals surface area contributed by atoms with E-state index in [1.54, 1.807) is 45.0 Å². The Labute approximate surface area is 229 Å². The van der Waals surface area contributed by atoms with E-state index in [0.717, 1.165) is 5.56 Å². The number of ether oxygens (including phenoxy) is 2. The monoisotopic (exact) mass is 557 g/mol. The molecular formula is C27H28ClN3O6S. The lowest BCUT2D eigenvalue weighted by Crippen LogP contribution is -2.71. The minimum atomic E-state index is -0.847. The van der Waals surface area contributed by atoms with E-state index < -0.39 is 34.8 Å². The van der Waals surface area contributed by atoms with Crippen LogP contribution in [0, 0.1) is 0 Å². The molecule has 2 aromatic rings. The van der Waals surface area contributed by atoms with Crippen LogP contribution in [0.5, 0.6) is 5.75 Å². The van der Waals surface area contributed by atoms with Gasteiger partial charge in [-0.15, -0.1) is 11.8 Å². The Balaban J connectivity index is 1.46. The smallest absolute Gasteiger partial charge is 0.357 e. The van der Waals surface area contributed by atoms with Crippen LogP contribution in [0.4, 0.5) is 0 Å². The largest absolute Gasteiger partial charge is 0.484 e. The maximum absolute atomic E-state index is 13.2. The van der Waals surface area contributed by atoms with E-state index in [-0.39, 0.29) is 30.4 Å². The summed E-state index contributed by atoms with van der Waals surface area (Å²) in [5.41, 5.74) is 0.280. The van der Waals surface area contributed by atoms with Crippen LogP contribution < -0.4 is 15.4 Å². The van der Waals surface area contributed by atoms with Crippen molar-refractivity contribution in [3.8, 4) is 5.75 Å². The van der Waals surface area contributed by atoms with Crippen molar-refractivity contribution in [2.75, 3.05) is 12.4 Å². The summed E-state index contributed by atoms with van der Waals surface area (Å²) in [4.78, 5) is 52.8. The first-order valence-corrected chi connectivity index (χ1v) is 13.4. The van der Waals surface area contributed by atoms with Crippen molar-refractivity contribution in [1.82, 2.24) is 15.5 Å². The molecule has 1 saturated heterocycles. The lowest BCUT2D eigenvalue weighted by Gasteiger charge is -2.49. The molecule has 200 valence electrons. The van der Waals surface area contributed by atoms with Gasteiger partial charge in [0.25, 0.3) is 11.8 Å². The summed E-state index contributed by atoms with van der Waals surface area (Å²) in [7, 11) is 0. The zero-order valence-electron chi connectivity index (χ0n) is 21.2. The van der Waals surface area contributed by atoms with E-state index in [2.05, 4.69) is 10.6 Å². The Kier molecular flexibility index (Phi) is 8.32. The zero-order chi connectivity index (χ0) is 27.4. The second-order valence-corrected chi connectivity index (χ2v) is 11.3. The first-order chi connectivity index (χ1) is 18.0. The van der Waals surface area contributed by atoms with E-state index in [0.29, 0.717) is 16.5 Å². The first kappa shape index (κ1) is 27.5. The van der Waals surface area contributed by atoms with Crippen molar-refractivity contribution in [2.45, 2.75) is 44.2 Å². The molecule has 11 heteroatoms. The second kappa shape index (κ2) is 11.5. The highest BCUT2D eigenvalue weighted by Gasteiger charge is 2.55. The highest BCUT2D eigenvalue weighted by molar-refractivity contribution is 8.00. The van der Waals surface area contributed by atoms with E-state index in [1.807, 2.05) is 30.3 Å². The summed E-state index contributed by atoms with van der Waals surface area (Å²) < 4.78 is 11.0. The predicted octanol–water partition coefficient (Wildman–Crippen LogP) is 3.03. The predicted molar refractivity (Wildman–Crippen MR) is 143 cm³/mol. The normalized spacial score (nSPS) is 18.7. The van der Waals surface area contributed by atoms with E-state index in [4.69, 9.17) is 21.1 Å². The lowest BCUT2D eigenvalue weighted by atomic mass is 10.0. The molecule has 0 aromatic heterocycles. The Morgan fingerprint density at radius 3 is 2.39 bits per heavy atom. The van der Waals surface area contributed by atoms with Gasteiger partial charge in [0.2, 0.25) is 5.91 Å². The van der Waals surface area contributed by atoms with Gasteiger partial charge in [-0.25, -0.2) is 4.79 Å². The number of rotatable bonds is 8. The average Bonchev–Trinajstić information content (AvgIpc) is 2.86. The third-order valence-electron chi connectivity index (χ3n) is 5.56. The standard InChI is InChI=1S/C27H28ClN3O6S/c1-27(2,3)37-26(35)23-19(29-20(32)13-16-7-5-4-6-8-16)15-38-25-22(24(34)31(23)25)30-21(33)14-36-18-11-9-17(28)10-12-18/h4-12,22,25H,13-15H2,1-3H3,(H,29,32)(H,30,33)/t22?,25-/m1/s1. The van der Waals surface area contributed by atoms with Gasteiger partial charge >= 0.3 is 5.97 Å². The van der Waals surface area contributed by atoms with Gasteiger partial charge in [-0.2, -0.15) is 0 Å². The van der Waals surface area contributed by atoms with Crippen molar-refractivity contribution in [3.05, 3.63) is 76.6 Å². The molecule has 0 saturated carbocycles. The fraction of sp³-hybridized carbons (Fsp3) is 0.333. The third-order valence-corrected chi connectivity index (χ3v) is 7.09. The molecule has 0 bridgehead atoms. The van der Waals surface area contributed by atoms with Crippen LogP contribution >= 0.6 is 23.4 Å². The molecule has 2 aliphatic rings. The molecule has 2 heterocycles. The summed E-state index contributed by atoms with van der Waals surface area (Å²) in [5.74, 6) is -1.28. The molecule has 3 amide bonds. The molecule has 1 unspecified atom stereocenters. The number of hydrogen-bond acceptors (Lipinski definition) is 7. The SMILES string of the molecule is CC(C)(C)OC(=O)C1=C(NC(=O)Cc2ccccc2)CS[C@@H]2C(NC(=O)COc3ccc(Cl)cc3)C(=O)N12. The van der Waals surface area contributed by atoms with Crippen LogP contribution in [0.15, 0.2) is 66.0 Å². The highest BCUT2D eigenvalue weighted by atomic mass is 35.5. The fourth-order valence-corrected chi connectivity index (χ4v) is 5.33. The maximum Gasteiger partial charge on any atom is 0.357 e. The van der Waals surface area contributed by atoms with Gasteiger partial charge in [0.1, 0.15) is 22.8 Å². The van der Waals surface area contributed by atoms with Crippen LogP contribution in [0.25, 0.3) is 0 Å². The van der Waals surface area contributed by atoms with Crippen molar-refractivity contribution < 1.29 is 28.7 Å². The number of esters is 1. The molecule has 2 aromatic carbocycles. The number of fused-ring (bicyclic) bond motifs is 1. The van der Waals surface area contributed by atoms with Crippen molar-refractivity contribution in [3.63, 3.8) is 0 Å². The number of amides is 3. The molecule has 0 aliphatic carbocycles. The number of nitrogens with one attached hydrogen (secondary N) is 2.